The lowest BCUT2D eigenvalue weighted by Gasteiger charge is -2.14. The van der Waals surface area contributed by atoms with E-state index in [0.717, 1.165) is 17.1 Å². The van der Waals surface area contributed by atoms with Crippen LogP contribution in [0.15, 0.2) is 582 Å². The zero-order valence-electron chi connectivity index (χ0n) is 82.1. The summed E-state index contributed by atoms with van der Waals surface area (Å²) in [6.45, 7) is 0. The fourth-order valence-electron chi connectivity index (χ4n) is 23.6. The Balaban J connectivity index is 0.000000108. The molecule has 702 valence electrons. The van der Waals surface area contributed by atoms with E-state index in [-0.39, 0.29) is 0 Å². The molecule has 0 spiro atoms. The number of nitrogens with zero attached hydrogens (tertiary/aromatic N) is 6. The van der Waals surface area contributed by atoms with Crippen LogP contribution in [0.2, 0.25) is 0 Å². The third kappa shape index (κ3) is 15.3. The molecule has 6 aromatic heterocycles. The summed E-state index contributed by atoms with van der Waals surface area (Å²) in [5, 5.41) is 15.1. The highest BCUT2D eigenvalue weighted by Gasteiger charge is 2.26. The summed E-state index contributed by atoms with van der Waals surface area (Å²) in [7, 11) is 0. The number of fused-ring (bicyclic) bond motifs is 18. The van der Waals surface area contributed by atoms with Gasteiger partial charge in [-0.15, -0.1) is 0 Å². The third-order valence-electron chi connectivity index (χ3n) is 30.4. The zero-order valence-corrected chi connectivity index (χ0v) is 82.1. The van der Waals surface area contributed by atoms with Crippen molar-refractivity contribution >= 4 is 131 Å². The summed E-state index contributed by atoms with van der Waals surface area (Å²) < 4.78 is 14.4. The van der Waals surface area contributed by atoms with Crippen molar-refractivity contribution in [3.05, 3.63) is 582 Å². The Labute approximate surface area is 868 Å². The Kier molecular flexibility index (Phi) is 21.9. The molecule has 0 N–H and O–H groups in total. The number of rotatable bonds is 15. The maximum absolute atomic E-state index is 2.46. The van der Waals surface area contributed by atoms with Gasteiger partial charge in [0.1, 0.15) is 0 Å². The fraction of sp³-hybridized carbons (Fsp3) is 0. The number of benzene rings is 24. The predicted octanol–water partition coefficient (Wildman–Crippen LogP) is 38.6. The minimum atomic E-state index is 1.15. The van der Waals surface area contributed by atoms with Crippen LogP contribution < -0.4 is 0 Å². The van der Waals surface area contributed by atoms with E-state index in [2.05, 4.69) is 610 Å². The Morgan fingerprint density at radius 1 is 0.0933 bits per heavy atom. The zero-order chi connectivity index (χ0) is 99.1. The Hall–Kier alpha value is -19.9. The molecule has 0 atom stereocenters. The number of aromatic nitrogens is 6. The average Bonchev–Trinajstić information content (AvgIpc) is 1.57. The first kappa shape index (κ1) is 87.8. The van der Waals surface area contributed by atoms with E-state index in [4.69, 9.17) is 0 Å². The lowest BCUT2D eigenvalue weighted by atomic mass is 9.97. The van der Waals surface area contributed by atoms with Crippen LogP contribution >= 0.6 is 0 Å². The predicted molar refractivity (Wildman–Crippen MR) is 634 cm³/mol. The Morgan fingerprint density at radius 3 is 0.653 bits per heavy atom. The molecule has 150 heavy (non-hydrogen) atoms. The largest absolute Gasteiger partial charge is 0.309 e. The van der Waals surface area contributed by atoms with E-state index in [0.29, 0.717) is 0 Å². The monoisotopic (exact) mass is 1910 g/mol. The van der Waals surface area contributed by atoms with Crippen LogP contribution in [0.3, 0.4) is 0 Å². The summed E-state index contributed by atoms with van der Waals surface area (Å²) in [5.74, 6) is 0. The molecule has 0 fully saturated rings. The maximum Gasteiger partial charge on any atom is 0.0547 e. The van der Waals surface area contributed by atoms with Crippen molar-refractivity contribution in [1.82, 2.24) is 27.4 Å². The highest BCUT2D eigenvalue weighted by atomic mass is 15.0. The van der Waals surface area contributed by atoms with E-state index >= 15 is 0 Å². The van der Waals surface area contributed by atoms with E-state index in [1.54, 1.807) is 0 Å². The second-order valence-electron chi connectivity index (χ2n) is 38.9. The topological polar surface area (TPSA) is 29.6 Å². The van der Waals surface area contributed by atoms with Crippen LogP contribution in [0.5, 0.6) is 0 Å². The minimum Gasteiger partial charge on any atom is -0.309 e. The van der Waals surface area contributed by atoms with Gasteiger partial charge in [0.15, 0.2) is 0 Å². The maximum atomic E-state index is 2.46. The first-order valence-electron chi connectivity index (χ1n) is 51.6. The molecule has 0 bridgehead atoms. The molecule has 6 heterocycles. The van der Waals surface area contributed by atoms with Crippen molar-refractivity contribution in [1.29, 1.82) is 0 Å². The van der Waals surface area contributed by atoms with Crippen molar-refractivity contribution < 1.29 is 0 Å². The lowest BCUT2D eigenvalue weighted by molar-refractivity contribution is 1.18. The van der Waals surface area contributed by atoms with Crippen molar-refractivity contribution in [2.75, 3.05) is 0 Å². The smallest absolute Gasteiger partial charge is 0.0547 e. The molecule has 0 saturated carbocycles. The molecule has 0 amide bonds. The molecular formula is C144H96N6. The van der Waals surface area contributed by atoms with Crippen LogP contribution in [0, 0.1) is 0 Å². The van der Waals surface area contributed by atoms with Crippen molar-refractivity contribution in [2.45, 2.75) is 0 Å². The number of para-hydroxylation sites is 7. The van der Waals surface area contributed by atoms with Crippen LogP contribution in [-0.2, 0) is 0 Å². The van der Waals surface area contributed by atoms with Gasteiger partial charge in [0, 0.05) is 98.6 Å². The van der Waals surface area contributed by atoms with Crippen LogP contribution in [0.1, 0.15) is 0 Å². The molecule has 24 aromatic carbocycles. The molecule has 0 unspecified atom stereocenters. The van der Waals surface area contributed by atoms with Gasteiger partial charge in [0.25, 0.3) is 0 Å². The summed E-state index contributed by atoms with van der Waals surface area (Å²) in [6, 6.07) is 211. The van der Waals surface area contributed by atoms with Crippen LogP contribution in [0.25, 0.3) is 265 Å². The van der Waals surface area contributed by atoms with E-state index in [1.807, 2.05) is 0 Å². The second-order valence-corrected chi connectivity index (χ2v) is 38.9. The SMILES string of the molecule is c1ccc(-c2ccc(-n3c4ccccc4c4cc(-c5ccc6c(c5)c5c(-c7ccccc7)cccc5n6-c5ccccc5)ccc43)cc2)cc1.c1ccc(-c2cccc(-n3c4ccc(-c5ccc6c(c5)c5ccccc5n6-c5ccccc5)cc4c4c(-c5ccccc5)cccc43)c2)cc1.c1ccc(-c2ccccc2-n2c3ccc(-c4ccc5c(c4)c4ccccc4n5-c4ccccc4)cc3c3c(-c4ccccc4)cccc32)cc1. The van der Waals surface area contributed by atoms with Gasteiger partial charge in [-0.3, -0.25) is 0 Å². The molecule has 6 heteroatoms. The van der Waals surface area contributed by atoms with Gasteiger partial charge in [-0.2, -0.15) is 0 Å². The van der Waals surface area contributed by atoms with E-state index in [1.165, 1.54) is 248 Å². The Bertz CT molecular complexity index is 10400. The minimum absolute atomic E-state index is 1.15. The van der Waals surface area contributed by atoms with E-state index < -0.39 is 0 Å². The molecular weight excluding hydrogens is 1810 g/mol. The van der Waals surface area contributed by atoms with Crippen molar-refractivity contribution in [3.63, 3.8) is 0 Å². The summed E-state index contributed by atoms with van der Waals surface area (Å²) in [6.07, 6.45) is 0. The van der Waals surface area contributed by atoms with Gasteiger partial charge in [0.05, 0.1) is 71.9 Å². The molecule has 0 aliphatic rings. The molecule has 0 radical (unpaired) electrons. The Morgan fingerprint density at radius 2 is 0.293 bits per heavy atom. The van der Waals surface area contributed by atoms with Crippen LogP contribution in [0.4, 0.5) is 0 Å². The molecule has 0 saturated heterocycles. The first-order chi connectivity index (χ1) is 74.5. The normalized spacial score (nSPS) is 11.6. The van der Waals surface area contributed by atoms with Crippen molar-refractivity contribution in [2.24, 2.45) is 0 Å². The standard InChI is InChI=1S/3C48H32N2/c1-4-15-33(16-5-1)38-21-10-12-24-43(38)50-46-30-28-36(32-42(46)48-39(23-14-26-47(48)50)34-17-6-2-7-18-34)35-27-29-45-41(31-35)40-22-11-13-25-44(40)49(45)37-19-8-3-9-20-37;1-4-14-33(15-5-1)35-18-12-21-39(30-35)50-46-29-27-37(32-43(46)48-40(23-13-25-47(48)50)34-16-6-2-7-17-34)36-26-28-45-42(31-36)41-22-10-11-24-44(41)49(45)38-19-8-3-9-20-38;1-4-13-33(14-5-1)34-23-27-39(28-24-34)49-44-21-11-10-19-41(44)42-31-36(25-29-45(42)49)37-26-30-46-43(32-37)48-40(35-15-6-2-7-16-35)20-12-22-47(48)50(46)38-17-8-3-9-18-38/h3*1-32H. The van der Waals surface area contributed by atoms with E-state index in [9.17, 15) is 0 Å². The van der Waals surface area contributed by atoms with Gasteiger partial charge in [-0.1, -0.05) is 406 Å². The fourth-order valence-corrected chi connectivity index (χ4v) is 23.6. The number of hydrogen-bond donors (Lipinski definition) is 0. The molecule has 30 rings (SSSR count). The second kappa shape index (κ2) is 37.4. The van der Waals surface area contributed by atoms with Gasteiger partial charge in [0.2, 0.25) is 0 Å². The van der Waals surface area contributed by atoms with Gasteiger partial charge in [-0.25, -0.2) is 0 Å². The number of hydrogen-bond acceptors (Lipinski definition) is 0. The summed E-state index contributed by atoms with van der Waals surface area (Å²) in [5.41, 5.74) is 43.4. The molecule has 6 nitrogen and oxygen atoms in total. The van der Waals surface area contributed by atoms with Gasteiger partial charge in [-0.05, 0) is 271 Å². The quantitative estimate of drug-likeness (QED) is 0.0979. The molecule has 30 aromatic rings. The average molecular weight is 1910 g/mol. The van der Waals surface area contributed by atoms with Gasteiger partial charge < -0.3 is 27.4 Å². The molecule has 0 aliphatic carbocycles. The highest BCUT2D eigenvalue weighted by molar-refractivity contribution is 6.22. The molecule has 0 aliphatic heterocycles. The third-order valence-corrected chi connectivity index (χ3v) is 30.4. The first-order valence-corrected chi connectivity index (χ1v) is 51.6. The van der Waals surface area contributed by atoms with Gasteiger partial charge >= 0.3 is 0 Å². The van der Waals surface area contributed by atoms with Crippen molar-refractivity contribution in [3.8, 4) is 134 Å². The lowest BCUT2D eigenvalue weighted by Crippen LogP contribution is -1.97. The summed E-state index contributed by atoms with van der Waals surface area (Å²) >= 11 is 0. The highest BCUT2D eigenvalue weighted by Crippen LogP contribution is 2.49. The van der Waals surface area contributed by atoms with Crippen LogP contribution in [-0.4, -0.2) is 27.4 Å². The summed E-state index contributed by atoms with van der Waals surface area (Å²) in [4.78, 5) is 0.